The van der Waals surface area contributed by atoms with Gasteiger partial charge in [-0.2, -0.15) is 18.3 Å². The first-order chi connectivity index (χ1) is 9.05. The smallest absolute Gasteiger partial charge is 0.354 e. The van der Waals surface area contributed by atoms with Crippen molar-refractivity contribution >= 4 is 5.91 Å². The molecule has 0 saturated heterocycles. The summed E-state index contributed by atoms with van der Waals surface area (Å²) >= 11 is 0. The van der Waals surface area contributed by atoms with Gasteiger partial charge in [0.15, 0.2) is 5.54 Å². The van der Waals surface area contributed by atoms with E-state index in [0.29, 0.717) is 19.9 Å². The Bertz CT molecular complexity index is 480. The number of aromatic nitrogens is 2. The molecule has 1 aromatic heterocycles. The summed E-state index contributed by atoms with van der Waals surface area (Å²) in [6.07, 6.45) is -4.30. The molecule has 0 spiro atoms. The first kappa shape index (κ1) is 16.5. The zero-order chi connectivity index (χ0) is 15.6. The van der Waals surface area contributed by atoms with Gasteiger partial charge < -0.3 is 11.1 Å². The van der Waals surface area contributed by atoms with Crippen molar-refractivity contribution in [3.63, 3.8) is 0 Å². The number of aryl methyl sites for hydroxylation is 3. The van der Waals surface area contributed by atoms with Crippen molar-refractivity contribution in [1.29, 1.82) is 0 Å². The Balaban J connectivity index is 2.42. The number of nitrogens with one attached hydrogen (secondary N) is 1. The number of amides is 1. The molecule has 1 heterocycles. The second kappa shape index (κ2) is 5.82. The normalized spacial score (nSPS) is 14.9. The summed E-state index contributed by atoms with van der Waals surface area (Å²) in [5.74, 6) is -1.22. The highest BCUT2D eigenvalue weighted by molar-refractivity contribution is 5.86. The van der Waals surface area contributed by atoms with E-state index in [1.807, 2.05) is 19.9 Å². The molecule has 0 aliphatic rings. The molecular weight excluding hydrogens is 273 g/mol. The Morgan fingerprint density at radius 3 is 2.50 bits per heavy atom. The number of nitrogens with zero attached hydrogens (tertiary/aromatic N) is 2. The summed E-state index contributed by atoms with van der Waals surface area (Å²) in [4.78, 5) is 11.4. The molecule has 1 amide bonds. The van der Waals surface area contributed by atoms with Gasteiger partial charge in [-0.25, -0.2) is 0 Å². The van der Waals surface area contributed by atoms with Gasteiger partial charge in [-0.1, -0.05) is 0 Å². The number of alkyl halides is 3. The number of carbonyl (C=O) groups is 1. The molecule has 1 unspecified atom stereocenters. The standard InChI is InChI=1S/C12H19F3N4O/c1-8-7-9(2)19(18-8)6-4-5-17-10(20)11(3,16)12(13,14)15/h7H,4-6,16H2,1-3H3,(H,17,20). The van der Waals surface area contributed by atoms with Gasteiger partial charge in [-0.05, 0) is 33.3 Å². The number of halogens is 3. The van der Waals surface area contributed by atoms with Gasteiger partial charge in [-0.3, -0.25) is 9.48 Å². The van der Waals surface area contributed by atoms with Crippen LogP contribution in [0.15, 0.2) is 6.07 Å². The highest BCUT2D eigenvalue weighted by Crippen LogP contribution is 2.27. The zero-order valence-electron chi connectivity index (χ0n) is 11.7. The van der Waals surface area contributed by atoms with E-state index in [1.165, 1.54) is 0 Å². The molecule has 114 valence electrons. The summed E-state index contributed by atoms with van der Waals surface area (Å²) in [6, 6.07) is 1.90. The van der Waals surface area contributed by atoms with Gasteiger partial charge in [0.1, 0.15) is 0 Å². The van der Waals surface area contributed by atoms with Crippen LogP contribution in [0.4, 0.5) is 13.2 Å². The minimum absolute atomic E-state index is 0.111. The third kappa shape index (κ3) is 3.72. The highest BCUT2D eigenvalue weighted by Gasteiger charge is 2.53. The van der Waals surface area contributed by atoms with Crippen molar-refractivity contribution in [2.45, 2.75) is 45.5 Å². The molecule has 5 nitrogen and oxygen atoms in total. The second-order valence-electron chi connectivity index (χ2n) is 4.96. The fourth-order valence-corrected chi connectivity index (χ4v) is 1.64. The molecule has 0 bridgehead atoms. The maximum Gasteiger partial charge on any atom is 0.415 e. The Morgan fingerprint density at radius 2 is 2.05 bits per heavy atom. The molecule has 0 aromatic carbocycles. The quantitative estimate of drug-likeness (QED) is 0.803. The second-order valence-corrected chi connectivity index (χ2v) is 4.96. The molecule has 8 heteroatoms. The molecule has 1 rings (SSSR count). The van der Waals surface area contributed by atoms with Crippen molar-refractivity contribution in [2.75, 3.05) is 6.54 Å². The van der Waals surface area contributed by atoms with Crippen molar-refractivity contribution in [2.24, 2.45) is 5.73 Å². The highest BCUT2D eigenvalue weighted by atomic mass is 19.4. The van der Waals surface area contributed by atoms with E-state index in [4.69, 9.17) is 5.73 Å². The molecule has 20 heavy (non-hydrogen) atoms. The molecule has 1 aromatic rings. The average Bonchev–Trinajstić information content (AvgIpc) is 2.61. The van der Waals surface area contributed by atoms with E-state index in [2.05, 4.69) is 10.4 Å². The SMILES string of the molecule is Cc1cc(C)n(CCCNC(=O)C(C)(N)C(F)(F)F)n1. The summed E-state index contributed by atoms with van der Waals surface area (Å²) in [6.45, 7) is 5.03. The topological polar surface area (TPSA) is 72.9 Å². The van der Waals surface area contributed by atoms with Crippen LogP contribution < -0.4 is 11.1 Å². The molecule has 0 aliphatic heterocycles. The van der Waals surface area contributed by atoms with Crippen LogP contribution in [-0.2, 0) is 11.3 Å². The monoisotopic (exact) mass is 292 g/mol. The largest absolute Gasteiger partial charge is 0.415 e. The Hall–Kier alpha value is -1.57. The van der Waals surface area contributed by atoms with Crippen molar-refractivity contribution in [1.82, 2.24) is 15.1 Å². The first-order valence-electron chi connectivity index (χ1n) is 6.20. The molecular formula is C12H19F3N4O. The predicted molar refractivity (Wildman–Crippen MR) is 68.0 cm³/mol. The minimum Gasteiger partial charge on any atom is -0.354 e. The summed E-state index contributed by atoms with van der Waals surface area (Å²) < 4.78 is 39.3. The Kier molecular flexibility index (Phi) is 4.80. The Morgan fingerprint density at radius 1 is 1.45 bits per heavy atom. The van der Waals surface area contributed by atoms with E-state index in [-0.39, 0.29) is 6.54 Å². The van der Waals surface area contributed by atoms with Crippen molar-refractivity contribution in [3.05, 3.63) is 17.5 Å². The van der Waals surface area contributed by atoms with Gasteiger partial charge in [0.25, 0.3) is 0 Å². The van der Waals surface area contributed by atoms with Gasteiger partial charge in [0, 0.05) is 18.8 Å². The lowest BCUT2D eigenvalue weighted by Gasteiger charge is -2.26. The summed E-state index contributed by atoms with van der Waals surface area (Å²) in [5.41, 5.74) is 3.97. The van der Waals surface area contributed by atoms with Crippen LogP contribution in [0.3, 0.4) is 0 Å². The van der Waals surface area contributed by atoms with Crippen LogP contribution in [0.5, 0.6) is 0 Å². The van der Waals surface area contributed by atoms with E-state index in [9.17, 15) is 18.0 Å². The number of rotatable bonds is 5. The van der Waals surface area contributed by atoms with Crippen LogP contribution in [0.25, 0.3) is 0 Å². The molecule has 0 fully saturated rings. The summed E-state index contributed by atoms with van der Waals surface area (Å²) in [5, 5.41) is 6.42. The first-order valence-corrected chi connectivity index (χ1v) is 6.20. The van der Waals surface area contributed by atoms with Crippen LogP contribution in [0, 0.1) is 13.8 Å². The third-order valence-corrected chi connectivity index (χ3v) is 3.00. The average molecular weight is 292 g/mol. The molecule has 0 saturated carbocycles. The molecule has 0 radical (unpaired) electrons. The van der Waals surface area contributed by atoms with Gasteiger partial charge >= 0.3 is 6.18 Å². The molecule has 0 aliphatic carbocycles. The lowest BCUT2D eigenvalue weighted by atomic mass is 10.0. The van der Waals surface area contributed by atoms with Gasteiger partial charge in [-0.15, -0.1) is 0 Å². The van der Waals surface area contributed by atoms with Crippen LogP contribution in [-0.4, -0.2) is 33.9 Å². The van der Waals surface area contributed by atoms with E-state index in [1.54, 1.807) is 4.68 Å². The zero-order valence-corrected chi connectivity index (χ0v) is 11.7. The van der Waals surface area contributed by atoms with Crippen molar-refractivity contribution in [3.8, 4) is 0 Å². The third-order valence-electron chi connectivity index (χ3n) is 3.00. The lowest BCUT2D eigenvalue weighted by Crippen LogP contribution is -2.61. The van der Waals surface area contributed by atoms with Crippen LogP contribution >= 0.6 is 0 Å². The number of nitrogens with two attached hydrogens (primary N) is 1. The van der Waals surface area contributed by atoms with Gasteiger partial charge in [0.05, 0.1) is 5.69 Å². The molecule has 3 N–H and O–H groups in total. The van der Waals surface area contributed by atoms with Gasteiger partial charge in [0.2, 0.25) is 5.91 Å². The van der Waals surface area contributed by atoms with Crippen LogP contribution in [0.1, 0.15) is 24.7 Å². The maximum absolute atomic E-state index is 12.5. The number of carbonyl (C=O) groups excluding carboxylic acids is 1. The van der Waals surface area contributed by atoms with E-state index >= 15 is 0 Å². The number of hydrogen-bond donors (Lipinski definition) is 2. The maximum atomic E-state index is 12.5. The fraction of sp³-hybridized carbons (Fsp3) is 0.667. The van der Waals surface area contributed by atoms with E-state index < -0.39 is 17.6 Å². The molecule has 1 atom stereocenters. The predicted octanol–water partition coefficient (Wildman–Crippen LogP) is 1.29. The Labute approximate surface area is 115 Å². The fourth-order valence-electron chi connectivity index (χ4n) is 1.64. The van der Waals surface area contributed by atoms with E-state index in [0.717, 1.165) is 11.4 Å². The van der Waals surface area contributed by atoms with Crippen molar-refractivity contribution < 1.29 is 18.0 Å². The van der Waals surface area contributed by atoms with Crippen LogP contribution in [0.2, 0.25) is 0 Å². The number of hydrogen-bond acceptors (Lipinski definition) is 3. The lowest BCUT2D eigenvalue weighted by molar-refractivity contribution is -0.187. The summed E-state index contributed by atoms with van der Waals surface area (Å²) in [7, 11) is 0. The minimum atomic E-state index is -4.77.